The van der Waals surface area contributed by atoms with Crippen LogP contribution in [-0.2, 0) is 9.53 Å². The van der Waals surface area contributed by atoms with Gasteiger partial charge in [-0.3, -0.25) is 14.8 Å². The molecule has 1 saturated heterocycles. The summed E-state index contributed by atoms with van der Waals surface area (Å²) in [5, 5.41) is 0. The number of nitrogens with zero attached hydrogens (tertiary/aromatic N) is 2. The van der Waals surface area contributed by atoms with Gasteiger partial charge in [0.05, 0.1) is 11.9 Å². The third kappa shape index (κ3) is 2.11. The van der Waals surface area contributed by atoms with Crippen molar-refractivity contribution in [1.82, 2.24) is 9.97 Å². The minimum absolute atomic E-state index is 0.0352. The molecule has 0 unspecified atom stereocenters. The van der Waals surface area contributed by atoms with Crippen LogP contribution in [-0.4, -0.2) is 15.9 Å². The van der Waals surface area contributed by atoms with Crippen LogP contribution in [0.3, 0.4) is 0 Å². The van der Waals surface area contributed by atoms with E-state index in [1.165, 1.54) is 18.4 Å². The van der Waals surface area contributed by atoms with E-state index < -0.39 is 0 Å². The minimum atomic E-state index is -0.0553. The smallest absolute Gasteiger partial charge is 0.310 e. The normalized spacial score (nSPS) is 41.3. The van der Waals surface area contributed by atoms with Crippen molar-refractivity contribution in [3.63, 3.8) is 0 Å². The molecule has 5 rings (SSSR count). The lowest BCUT2D eigenvalue weighted by molar-refractivity contribution is -0.151. The van der Waals surface area contributed by atoms with Gasteiger partial charge in [0.2, 0.25) is 0 Å². The van der Waals surface area contributed by atoms with E-state index >= 15 is 0 Å². The summed E-state index contributed by atoms with van der Waals surface area (Å²) in [6, 6.07) is 0. The SMILES string of the molecule is C[C@]12CCC(=O)OC1=CC[C@@H]1[C@@H]2CC[C@]2(C)C(c3cnccn3)=CC[C@@H]12. The molecule has 2 fully saturated rings. The Hall–Kier alpha value is -1.97. The maximum absolute atomic E-state index is 11.8. The van der Waals surface area contributed by atoms with Gasteiger partial charge in [-0.25, -0.2) is 0 Å². The largest absolute Gasteiger partial charge is 0.431 e. The summed E-state index contributed by atoms with van der Waals surface area (Å²) in [7, 11) is 0. The van der Waals surface area contributed by atoms with E-state index in [1.54, 1.807) is 12.4 Å². The molecule has 4 nitrogen and oxygen atoms in total. The summed E-state index contributed by atoms with van der Waals surface area (Å²) in [4.78, 5) is 20.6. The molecule has 0 N–H and O–H groups in total. The molecule has 4 aliphatic rings. The van der Waals surface area contributed by atoms with E-state index in [0.29, 0.717) is 24.2 Å². The van der Waals surface area contributed by atoms with Crippen molar-refractivity contribution in [2.45, 2.75) is 52.4 Å². The Morgan fingerprint density at radius 3 is 2.77 bits per heavy atom. The highest BCUT2D eigenvalue weighted by atomic mass is 16.5. The maximum atomic E-state index is 11.8. The average molecular weight is 350 g/mol. The summed E-state index contributed by atoms with van der Waals surface area (Å²) in [5.41, 5.74) is 2.65. The molecule has 0 amide bonds. The number of fused-ring (bicyclic) bond motifs is 5. The molecule has 5 atom stereocenters. The standard InChI is InChI=1S/C22H26N2O2/c1-21-9-7-16-14(3-6-19-22(16,2)10-8-20(25)26-19)15(21)4-5-17(21)18-13-23-11-12-24-18/h5-6,11-16H,3-4,7-10H2,1-2H3/t14-,15-,16-,21-,22+/m0/s1. The van der Waals surface area contributed by atoms with Gasteiger partial charge >= 0.3 is 5.97 Å². The second kappa shape index (κ2) is 5.51. The van der Waals surface area contributed by atoms with Crippen LogP contribution in [0.2, 0.25) is 0 Å². The molecule has 0 bridgehead atoms. The highest BCUT2D eigenvalue weighted by Gasteiger charge is 2.57. The summed E-state index contributed by atoms with van der Waals surface area (Å²) in [6.45, 7) is 4.76. The van der Waals surface area contributed by atoms with Crippen molar-refractivity contribution in [3.8, 4) is 0 Å². The first-order valence-corrected chi connectivity index (χ1v) is 9.91. The van der Waals surface area contributed by atoms with Gasteiger partial charge in [0.15, 0.2) is 0 Å². The van der Waals surface area contributed by atoms with E-state index in [2.05, 4.69) is 36.0 Å². The van der Waals surface area contributed by atoms with Crippen LogP contribution in [0, 0.1) is 28.6 Å². The number of allylic oxidation sites excluding steroid dienone is 4. The van der Waals surface area contributed by atoms with E-state index in [4.69, 9.17) is 4.74 Å². The van der Waals surface area contributed by atoms with Crippen LogP contribution in [0.15, 0.2) is 36.5 Å². The number of carbonyl (C=O) groups is 1. The topological polar surface area (TPSA) is 52.1 Å². The monoisotopic (exact) mass is 350 g/mol. The Balaban J connectivity index is 1.49. The Labute approximate surface area is 154 Å². The molecule has 0 spiro atoms. The molecule has 3 aliphatic carbocycles. The summed E-state index contributed by atoms with van der Waals surface area (Å²) >= 11 is 0. The number of carbonyl (C=O) groups excluding carboxylic acids is 1. The Bertz CT molecular complexity index is 815. The Morgan fingerprint density at radius 1 is 1.08 bits per heavy atom. The van der Waals surface area contributed by atoms with Crippen molar-refractivity contribution < 1.29 is 9.53 Å². The zero-order valence-electron chi connectivity index (χ0n) is 15.6. The van der Waals surface area contributed by atoms with Crippen LogP contribution in [0.1, 0.15) is 58.1 Å². The fourth-order valence-electron chi connectivity index (χ4n) is 6.47. The number of aromatic nitrogens is 2. The Kier molecular flexibility index (Phi) is 3.44. The van der Waals surface area contributed by atoms with Crippen molar-refractivity contribution in [2.24, 2.45) is 28.6 Å². The first-order valence-electron chi connectivity index (χ1n) is 9.91. The number of esters is 1. The predicted molar refractivity (Wildman–Crippen MR) is 98.6 cm³/mol. The fourth-order valence-corrected chi connectivity index (χ4v) is 6.47. The number of rotatable bonds is 1. The van der Waals surface area contributed by atoms with Crippen molar-refractivity contribution >= 4 is 11.5 Å². The third-order valence-corrected chi connectivity index (χ3v) is 7.89. The Morgan fingerprint density at radius 2 is 1.96 bits per heavy atom. The number of ether oxygens (including phenoxy) is 1. The van der Waals surface area contributed by atoms with Crippen molar-refractivity contribution in [1.29, 1.82) is 0 Å². The lowest BCUT2D eigenvalue weighted by Gasteiger charge is -2.56. The second-order valence-electron chi connectivity index (χ2n) is 8.97. The minimum Gasteiger partial charge on any atom is -0.431 e. The average Bonchev–Trinajstić information content (AvgIpc) is 3.00. The van der Waals surface area contributed by atoms with Gasteiger partial charge < -0.3 is 4.74 Å². The van der Waals surface area contributed by atoms with Crippen LogP contribution >= 0.6 is 0 Å². The molecule has 1 aromatic rings. The first-order chi connectivity index (χ1) is 12.5. The van der Waals surface area contributed by atoms with Crippen LogP contribution in [0.25, 0.3) is 5.57 Å². The van der Waals surface area contributed by atoms with Crippen molar-refractivity contribution in [2.75, 3.05) is 0 Å². The van der Waals surface area contributed by atoms with E-state index in [0.717, 1.165) is 30.7 Å². The maximum Gasteiger partial charge on any atom is 0.310 e. The number of hydrogen-bond donors (Lipinski definition) is 0. The van der Waals surface area contributed by atoms with Gasteiger partial charge in [0.1, 0.15) is 5.76 Å². The van der Waals surface area contributed by atoms with Crippen molar-refractivity contribution in [3.05, 3.63) is 42.2 Å². The molecule has 1 saturated carbocycles. The first kappa shape index (κ1) is 16.2. The van der Waals surface area contributed by atoms with Gasteiger partial charge in [-0.15, -0.1) is 0 Å². The molecule has 26 heavy (non-hydrogen) atoms. The highest BCUT2D eigenvalue weighted by Crippen LogP contribution is 2.65. The zero-order chi connectivity index (χ0) is 17.9. The molecule has 2 heterocycles. The molecule has 0 aromatic carbocycles. The lowest BCUT2D eigenvalue weighted by atomic mass is 9.49. The van der Waals surface area contributed by atoms with Gasteiger partial charge in [-0.05, 0) is 66.9 Å². The molecular formula is C22H26N2O2. The molecule has 1 aromatic heterocycles. The van der Waals surface area contributed by atoms with Crippen LogP contribution in [0.5, 0.6) is 0 Å². The van der Waals surface area contributed by atoms with Gasteiger partial charge in [-0.1, -0.05) is 19.9 Å². The summed E-state index contributed by atoms with van der Waals surface area (Å²) < 4.78 is 5.66. The molecular weight excluding hydrogens is 324 g/mol. The second-order valence-corrected chi connectivity index (χ2v) is 8.97. The van der Waals surface area contributed by atoms with Gasteiger partial charge in [-0.2, -0.15) is 0 Å². The predicted octanol–water partition coefficient (Wildman–Crippen LogP) is 4.54. The fraction of sp³-hybridized carbons (Fsp3) is 0.591. The van der Waals surface area contributed by atoms with Crippen LogP contribution in [0.4, 0.5) is 0 Å². The van der Waals surface area contributed by atoms with Gasteiger partial charge in [0.25, 0.3) is 0 Å². The summed E-state index contributed by atoms with van der Waals surface area (Å²) in [5.74, 6) is 2.82. The van der Waals surface area contributed by atoms with E-state index in [-0.39, 0.29) is 16.8 Å². The quantitative estimate of drug-likeness (QED) is 0.698. The van der Waals surface area contributed by atoms with Gasteiger partial charge in [0, 0.05) is 24.2 Å². The zero-order valence-corrected chi connectivity index (χ0v) is 15.6. The van der Waals surface area contributed by atoms with E-state index in [1.807, 2.05) is 6.20 Å². The lowest BCUT2D eigenvalue weighted by Crippen LogP contribution is -2.50. The number of hydrogen-bond acceptors (Lipinski definition) is 4. The highest BCUT2D eigenvalue weighted by molar-refractivity contribution is 5.72. The molecule has 1 aliphatic heterocycles. The third-order valence-electron chi connectivity index (χ3n) is 7.89. The van der Waals surface area contributed by atoms with Crippen LogP contribution < -0.4 is 0 Å². The molecule has 0 radical (unpaired) electrons. The van der Waals surface area contributed by atoms with E-state index in [9.17, 15) is 4.79 Å². The molecule has 136 valence electrons. The summed E-state index contributed by atoms with van der Waals surface area (Å²) in [6.07, 6.45) is 16.1. The molecule has 4 heteroatoms.